The zero-order chi connectivity index (χ0) is 15.9. The van der Waals surface area contributed by atoms with E-state index in [0.717, 1.165) is 11.1 Å². The maximum atomic E-state index is 12.1. The summed E-state index contributed by atoms with van der Waals surface area (Å²) in [5, 5.41) is 7.27. The summed E-state index contributed by atoms with van der Waals surface area (Å²) in [6.45, 7) is 0.463. The van der Waals surface area contributed by atoms with Crippen LogP contribution < -0.4 is 10.2 Å². The van der Waals surface area contributed by atoms with E-state index in [1.165, 1.54) is 17.3 Å². The van der Waals surface area contributed by atoms with Crippen LogP contribution in [-0.4, -0.2) is 20.8 Å². The molecule has 0 aliphatic rings. The third-order valence-electron chi connectivity index (χ3n) is 3.23. The predicted molar refractivity (Wildman–Crippen MR) is 85.3 cm³/mol. The van der Waals surface area contributed by atoms with E-state index in [-0.39, 0.29) is 12.3 Å². The van der Waals surface area contributed by atoms with Crippen molar-refractivity contribution >= 4 is 5.91 Å². The van der Waals surface area contributed by atoms with E-state index in [1.807, 2.05) is 54.6 Å². The smallest absolute Gasteiger partial charge is 0.243 e. The average molecular weight is 308 g/mol. The number of hydrogen-bond acceptors (Lipinski definition) is 4. The normalized spacial score (nSPS) is 10.3. The molecule has 0 unspecified atom stereocenters. The van der Waals surface area contributed by atoms with Gasteiger partial charge in [-0.25, -0.2) is 4.68 Å². The molecule has 0 aliphatic carbocycles. The highest BCUT2D eigenvalue weighted by Crippen LogP contribution is 2.20. The first-order valence-electron chi connectivity index (χ1n) is 7.20. The van der Waals surface area contributed by atoms with Crippen molar-refractivity contribution in [3.8, 4) is 5.75 Å². The molecule has 0 fully saturated rings. The first-order valence-corrected chi connectivity index (χ1v) is 7.20. The lowest BCUT2D eigenvalue weighted by molar-refractivity contribution is -0.116. The summed E-state index contributed by atoms with van der Waals surface area (Å²) in [5.41, 5.74) is 4.58. The number of ether oxygens (including phenoxy) is 1. The van der Waals surface area contributed by atoms with Gasteiger partial charge < -0.3 is 4.74 Å². The lowest BCUT2D eigenvalue weighted by atomic mass is 10.1. The van der Waals surface area contributed by atoms with E-state index in [0.29, 0.717) is 12.4 Å². The second kappa shape index (κ2) is 7.22. The zero-order valence-electron chi connectivity index (χ0n) is 12.4. The molecule has 0 atom stereocenters. The first kappa shape index (κ1) is 14.8. The van der Waals surface area contributed by atoms with Crippen LogP contribution in [0.1, 0.15) is 11.1 Å². The molecule has 3 rings (SSSR count). The third kappa shape index (κ3) is 4.16. The third-order valence-corrected chi connectivity index (χ3v) is 3.23. The van der Waals surface area contributed by atoms with Gasteiger partial charge in [0.25, 0.3) is 0 Å². The summed E-state index contributed by atoms with van der Waals surface area (Å²) in [5.74, 6) is 0.538. The quantitative estimate of drug-likeness (QED) is 0.758. The number of nitrogens with one attached hydrogen (secondary N) is 1. The number of carbonyl (C=O) groups is 1. The van der Waals surface area contributed by atoms with Crippen molar-refractivity contribution in [2.24, 2.45) is 0 Å². The zero-order valence-corrected chi connectivity index (χ0v) is 12.4. The number of aromatic nitrogens is 3. The number of benzene rings is 2. The van der Waals surface area contributed by atoms with Crippen molar-refractivity contribution in [1.82, 2.24) is 14.9 Å². The summed E-state index contributed by atoms with van der Waals surface area (Å²) in [6.07, 6.45) is 3.06. The SMILES string of the molecule is O=C(Cc1ccccc1OCc1ccccc1)Nn1cnnc1. The van der Waals surface area contributed by atoms with Crippen molar-refractivity contribution in [1.29, 1.82) is 0 Å². The van der Waals surface area contributed by atoms with Crippen LogP contribution in [0, 0.1) is 0 Å². The van der Waals surface area contributed by atoms with Crippen LogP contribution in [-0.2, 0) is 17.8 Å². The van der Waals surface area contributed by atoms with Gasteiger partial charge in [-0.3, -0.25) is 10.2 Å². The van der Waals surface area contributed by atoms with Crippen LogP contribution in [0.3, 0.4) is 0 Å². The largest absolute Gasteiger partial charge is 0.489 e. The maximum Gasteiger partial charge on any atom is 0.243 e. The number of nitrogens with zero attached hydrogens (tertiary/aromatic N) is 3. The molecule has 0 saturated carbocycles. The Hall–Kier alpha value is -3.15. The number of carbonyl (C=O) groups excluding carboxylic acids is 1. The van der Waals surface area contributed by atoms with E-state index in [1.54, 1.807) is 0 Å². The topological polar surface area (TPSA) is 69.0 Å². The van der Waals surface area contributed by atoms with E-state index in [2.05, 4.69) is 15.6 Å². The lowest BCUT2D eigenvalue weighted by Crippen LogP contribution is -2.23. The lowest BCUT2D eigenvalue weighted by Gasteiger charge is -2.11. The van der Waals surface area contributed by atoms with Crippen molar-refractivity contribution in [2.75, 3.05) is 5.43 Å². The van der Waals surface area contributed by atoms with Gasteiger partial charge in [0.15, 0.2) is 0 Å². The standard InChI is InChI=1S/C17H16N4O2/c22-17(20-21-12-18-19-13-21)10-15-8-4-5-9-16(15)23-11-14-6-2-1-3-7-14/h1-9,12-13H,10-11H2,(H,20,22). The Morgan fingerprint density at radius 2 is 1.70 bits per heavy atom. The van der Waals surface area contributed by atoms with Crippen molar-refractivity contribution in [3.05, 3.63) is 78.4 Å². The van der Waals surface area contributed by atoms with Gasteiger partial charge in [0.05, 0.1) is 6.42 Å². The minimum Gasteiger partial charge on any atom is -0.489 e. The Balaban J connectivity index is 1.64. The predicted octanol–water partition coefficient (Wildman–Crippen LogP) is 2.17. The maximum absolute atomic E-state index is 12.1. The highest BCUT2D eigenvalue weighted by atomic mass is 16.5. The Kier molecular flexibility index (Phi) is 4.63. The molecule has 0 spiro atoms. The summed E-state index contributed by atoms with van der Waals surface area (Å²) < 4.78 is 7.26. The van der Waals surface area contributed by atoms with Gasteiger partial charge in [0.2, 0.25) is 5.91 Å². The molecule has 0 bridgehead atoms. The van der Waals surface area contributed by atoms with Crippen molar-refractivity contribution in [3.63, 3.8) is 0 Å². The van der Waals surface area contributed by atoms with Gasteiger partial charge in [0.1, 0.15) is 25.0 Å². The van der Waals surface area contributed by atoms with Crippen molar-refractivity contribution in [2.45, 2.75) is 13.0 Å². The first-order chi connectivity index (χ1) is 11.3. The van der Waals surface area contributed by atoms with Crippen molar-refractivity contribution < 1.29 is 9.53 Å². The second-order valence-electron chi connectivity index (χ2n) is 4.96. The van der Waals surface area contributed by atoms with Gasteiger partial charge in [-0.2, -0.15) is 0 Å². The minimum absolute atomic E-state index is 0.166. The number of amides is 1. The Labute approximate surface area is 133 Å². The highest BCUT2D eigenvalue weighted by Gasteiger charge is 2.09. The molecule has 1 N–H and O–H groups in total. The molecule has 0 radical (unpaired) electrons. The molecule has 6 nitrogen and oxygen atoms in total. The molecule has 23 heavy (non-hydrogen) atoms. The summed E-state index contributed by atoms with van der Waals surface area (Å²) >= 11 is 0. The summed E-state index contributed by atoms with van der Waals surface area (Å²) in [7, 11) is 0. The van der Waals surface area contributed by atoms with E-state index in [4.69, 9.17) is 4.74 Å². The van der Waals surface area contributed by atoms with Crippen LogP contribution >= 0.6 is 0 Å². The van der Waals surface area contributed by atoms with E-state index >= 15 is 0 Å². The fourth-order valence-electron chi connectivity index (χ4n) is 2.14. The van der Waals surface area contributed by atoms with E-state index in [9.17, 15) is 4.79 Å². The summed E-state index contributed by atoms with van der Waals surface area (Å²) in [6, 6.07) is 17.4. The molecular formula is C17H16N4O2. The van der Waals surface area contributed by atoms with Crippen LogP contribution in [0.15, 0.2) is 67.3 Å². The monoisotopic (exact) mass is 308 g/mol. The minimum atomic E-state index is -0.166. The molecular weight excluding hydrogens is 292 g/mol. The van der Waals surface area contributed by atoms with Gasteiger partial charge in [0, 0.05) is 5.56 Å². The molecule has 1 heterocycles. The van der Waals surface area contributed by atoms with Gasteiger partial charge in [-0.1, -0.05) is 48.5 Å². The fourth-order valence-corrected chi connectivity index (χ4v) is 2.14. The van der Waals surface area contributed by atoms with Crippen LogP contribution in [0.25, 0.3) is 0 Å². The molecule has 3 aromatic rings. The Bertz CT molecular complexity index is 757. The molecule has 2 aromatic carbocycles. The molecule has 0 saturated heterocycles. The molecule has 6 heteroatoms. The fraction of sp³-hybridized carbons (Fsp3) is 0.118. The Morgan fingerprint density at radius 1 is 1.00 bits per heavy atom. The van der Waals surface area contributed by atoms with Crippen LogP contribution in [0.2, 0.25) is 0 Å². The second-order valence-corrected chi connectivity index (χ2v) is 4.96. The number of rotatable bonds is 6. The van der Waals surface area contributed by atoms with E-state index < -0.39 is 0 Å². The Morgan fingerprint density at radius 3 is 2.48 bits per heavy atom. The molecule has 0 aliphatic heterocycles. The van der Waals surface area contributed by atoms with Gasteiger partial charge in [-0.15, -0.1) is 10.2 Å². The average Bonchev–Trinajstić information content (AvgIpc) is 3.08. The molecule has 1 aromatic heterocycles. The highest BCUT2D eigenvalue weighted by molar-refractivity contribution is 5.86. The molecule has 116 valence electrons. The molecule has 1 amide bonds. The van der Waals surface area contributed by atoms with Gasteiger partial charge >= 0.3 is 0 Å². The number of hydrogen-bond donors (Lipinski definition) is 1. The van der Waals surface area contributed by atoms with Gasteiger partial charge in [-0.05, 0) is 11.6 Å². The summed E-state index contributed by atoms with van der Waals surface area (Å²) in [4.78, 5) is 12.1. The number of para-hydroxylation sites is 1. The van der Waals surface area contributed by atoms with Crippen LogP contribution in [0.5, 0.6) is 5.75 Å². The van der Waals surface area contributed by atoms with Crippen LogP contribution in [0.4, 0.5) is 0 Å².